The molecule has 0 saturated heterocycles. The van der Waals surface area contributed by atoms with Crippen LogP contribution in [0.15, 0.2) is 12.3 Å². The first kappa shape index (κ1) is 12.5. The SMILES string of the molecule is COC(=O)N/C=C\CC(C)C(=O)OC. The van der Waals surface area contributed by atoms with E-state index < -0.39 is 6.09 Å². The zero-order valence-electron chi connectivity index (χ0n) is 8.57. The Morgan fingerprint density at radius 1 is 1.36 bits per heavy atom. The van der Waals surface area contributed by atoms with E-state index in [-0.39, 0.29) is 11.9 Å². The van der Waals surface area contributed by atoms with Gasteiger partial charge < -0.3 is 9.47 Å². The van der Waals surface area contributed by atoms with Crippen LogP contribution in [-0.4, -0.2) is 26.3 Å². The van der Waals surface area contributed by atoms with Crippen LogP contribution in [0.25, 0.3) is 0 Å². The number of allylic oxidation sites excluding steroid dienone is 1. The monoisotopic (exact) mass is 201 g/mol. The first-order chi connectivity index (χ1) is 6.61. The minimum absolute atomic E-state index is 0.212. The van der Waals surface area contributed by atoms with Crippen LogP contribution in [0.4, 0.5) is 4.79 Å². The van der Waals surface area contributed by atoms with Crippen LogP contribution >= 0.6 is 0 Å². The van der Waals surface area contributed by atoms with E-state index in [0.717, 1.165) is 0 Å². The molecule has 0 fully saturated rings. The molecule has 0 spiro atoms. The molecule has 1 N–H and O–H groups in total. The molecule has 5 nitrogen and oxygen atoms in total. The molecule has 0 aliphatic rings. The predicted octanol–water partition coefficient (Wildman–Crippen LogP) is 1.06. The fourth-order valence-corrected chi connectivity index (χ4v) is 0.755. The quantitative estimate of drug-likeness (QED) is 0.690. The first-order valence-electron chi connectivity index (χ1n) is 4.19. The van der Waals surface area contributed by atoms with E-state index in [9.17, 15) is 9.59 Å². The van der Waals surface area contributed by atoms with E-state index in [2.05, 4.69) is 14.8 Å². The minimum Gasteiger partial charge on any atom is -0.469 e. The van der Waals surface area contributed by atoms with Crippen molar-refractivity contribution in [3.63, 3.8) is 0 Å². The van der Waals surface area contributed by atoms with E-state index >= 15 is 0 Å². The summed E-state index contributed by atoms with van der Waals surface area (Å²) in [5, 5.41) is 2.35. The zero-order valence-corrected chi connectivity index (χ0v) is 8.57. The Morgan fingerprint density at radius 2 is 2.00 bits per heavy atom. The molecule has 0 saturated carbocycles. The maximum Gasteiger partial charge on any atom is 0.410 e. The highest BCUT2D eigenvalue weighted by atomic mass is 16.5. The van der Waals surface area contributed by atoms with Crippen molar-refractivity contribution in [2.24, 2.45) is 5.92 Å². The lowest BCUT2D eigenvalue weighted by Crippen LogP contribution is -2.16. The largest absolute Gasteiger partial charge is 0.469 e. The second-order valence-corrected chi connectivity index (χ2v) is 2.70. The van der Waals surface area contributed by atoms with Gasteiger partial charge in [0.05, 0.1) is 20.1 Å². The van der Waals surface area contributed by atoms with Gasteiger partial charge in [0.2, 0.25) is 0 Å². The van der Waals surface area contributed by atoms with Gasteiger partial charge in [0.15, 0.2) is 0 Å². The Balaban J connectivity index is 3.71. The second-order valence-electron chi connectivity index (χ2n) is 2.70. The van der Waals surface area contributed by atoms with E-state index in [1.54, 1.807) is 13.0 Å². The van der Waals surface area contributed by atoms with Gasteiger partial charge in [0, 0.05) is 6.20 Å². The lowest BCUT2D eigenvalue weighted by Gasteiger charge is -2.04. The van der Waals surface area contributed by atoms with Gasteiger partial charge in [0.1, 0.15) is 0 Å². The molecule has 5 heteroatoms. The molecule has 0 aliphatic carbocycles. The van der Waals surface area contributed by atoms with Crippen molar-refractivity contribution in [1.82, 2.24) is 5.32 Å². The highest BCUT2D eigenvalue weighted by Gasteiger charge is 2.10. The van der Waals surface area contributed by atoms with Gasteiger partial charge in [-0.15, -0.1) is 0 Å². The third kappa shape index (κ3) is 5.18. The number of hydrogen-bond acceptors (Lipinski definition) is 4. The molecular weight excluding hydrogens is 186 g/mol. The topological polar surface area (TPSA) is 64.6 Å². The number of esters is 1. The average molecular weight is 201 g/mol. The number of methoxy groups -OCH3 is 2. The van der Waals surface area contributed by atoms with Crippen LogP contribution in [0.5, 0.6) is 0 Å². The summed E-state index contributed by atoms with van der Waals surface area (Å²) >= 11 is 0. The number of carbonyl (C=O) groups is 2. The van der Waals surface area contributed by atoms with Gasteiger partial charge in [0.25, 0.3) is 0 Å². The average Bonchev–Trinajstić information content (AvgIpc) is 2.22. The Hall–Kier alpha value is -1.52. The zero-order chi connectivity index (χ0) is 11.0. The third-order valence-corrected chi connectivity index (χ3v) is 1.60. The van der Waals surface area contributed by atoms with Crippen molar-refractivity contribution in [2.45, 2.75) is 13.3 Å². The number of carbonyl (C=O) groups excluding carboxylic acids is 2. The molecule has 1 unspecified atom stereocenters. The molecule has 80 valence electrons. The lowest BCUT2D eigenvalue weighted by atomic mass is 10.1. The lowest BCUT2D eigenvalue weighted by molar-refractivity contribution is -0.144. The first-order valence-corrected chi connectivity index (χ1v) is 4.19. The summed E-state index contributed by atoms with van der Waals surface area (Å²) in [6.07, 6.45) is 3.08. The number of ether oxygens (including phenoxy) is 2. The molecule has 0 aromatic rings. The number of rotatable bonds is 4. The van der Waals surface area contributed by atoms with E-state index in [0.29, 0.717) is 6.42 Å². The smallest absolute Gasteiger partial charge is 0.410 e. The van der Waals surface area contributed by atoms with Crippen molar-refractivity contribution in [1.29, 1.82) is 0 Å². The van der Waals surface area contributed by atoms with Gasteiger partial charge in [-0.3, -0.25) is 10.1 Å². The van der Waals surface area contributed by atoms with Crippen LogP contribution in [0.3, 0.4) is 0 Å². The molecule has 1 amide bonds. The summed E-state index contributed by atoms with van der Waals surface area (Å²) in [5.74, 6) is -0.483. The molecule has 0 aliphatic heterocycles. The van der Waals surface area contributed by atoms with Crippen LogP contribution in [0.1, 0.15) is 13.3 Å². The van der Waals surface area contributed by atoms with Crippen molar-refractivity contribution < 1.29 is 19.1 Å². The van der Waals surface area contributed by atoms with Crippen molar-refractivity contribution >= 4 is 12.1 Å². The summed E-state index contributed by atoms with van der Waals surface area (Å²) < 4.78 is 8.86. The number of hydrogen-bond donors (Lipinski definition) is 1. The summed E-state index contributed by atoms with van der Waals surface area (Å²) in [6, 6.07) is 0. The maximum atomic E-state index is 10.9. The molecule has 0 heterocycles. The molecule has 0 bridgehead atoms. The Bertz CT molecular complexity index is 225. The van der Waals surface area contributed by atoms with Crippen LogP contribution in [-0.2, 0) is 14.3 Å². The molecule has 0 aromatic carbocycles. The summed E-state index contributed by atoms with van der Waals surface area (Å²) in [4.78, 5) is 21.5. The van der Waals surface area contributed by atoms with Crippen LogP contribution < -0.4 is 5.32 Å². The van der Waals surface area contributed by atoms with E-state index in [1.165, 1.54) is 20.4 Å². The molecular formula is C9H15NO4. The van der Waals surface area contributed by atoms with Gasteiger partial charge in [-0.1, -0.05) is 13.0 Å². The molecule has 0 rings (SSSR count). The second kappa shape index (κ2) is 6.94. The maximum absolute atomic E-state index is 10.9. The number of alkyl carbamates (subject to hydrolysis) is 1. The normalized spacial score (nSPS) is 12.2. The van der Waals surface area contributed by atoms with Crippen molar-refractivity contribution in [3.8, 4) is 0 Å². The van der Waals surface area contributed by atoms with Gasteiger partial charge in [-0.25, -0.2) is 4.79 Å². The number of amides is 1. The fraction of sp³-hybridized carbons (Fsp3) is 0.556. The van der Waals surface area contributed by atoms with Gasteiger partial charge in [-0.2, -0.15) is 0 Å². The highest BCUT2D eigenvalue weighted by molar-refractivity contribution is 5.72. The number of nitrogens with one attached hydrogen (secondary N) is 1. The van der Waals surface area contributed by atoms with E-state index in [1.807, 2.05) is 0 Å². The third-order valence-electron chi connectivity index (χ3n) is 1.60. The minimum atomic E-state index is -0.535. The molecule has 0 radical (unpaired) electrons. The highest BCUT2D eigenvalue weighted by Crippen LogP contribution is 2.03. The van der Waals surface area contributed by atoms with Crippen LogP contribution in [0.2, 0.25) is 0 Å². The summed E-state index contributed by atoms with van der Waals surface area (Å²) in [5.41, 5.74) is 0. The van der Waals surface area contributed by atoms with E-state index in [4.69, 9.17) is 0 Å². The molecule has 14 heavy (non-hydrogen) atoms. The fourth-order valence-electron chi connectivity index (χ4n) is 0.755. The predicted molar refractivity (Wildman–Crippen MR) is 50.5 cm³/mol. The van der Waals surface area contributed by atoms with Crippen molar-refractivity contribution in [3.05, 3.63) is 12.3 Å². The Kier molecular flexibility index (Phi) is 6.19. The Morgan fingerprint density at radius 3 is 2.50 bits per heavy atom. The van der Waals surface area contributed by atoms with Gasteiger partial charge >= 0.3 is 12.1 Å². The molecule has 0 aromatic heterocycles. The Labute approximate surface area is 83.1 Å². The van der Waals surface area contributed by atoms with Gasteiger partial charge in [-0.05, 0) is 6.42 Å². The molecule has 1 atom stereocenters. The van der Waals surface area contributed by atoms with Crippen molar-refractivity contribution in [2.75, 3.05) is 14.2 Å². The summed E-state index contributed by atoms with van der Waals surface area (Å²) in [6.45, 7) is 1.74. The summed E-state index contributed by atoms with van der Waals surface area (Å²) in [7, 11) is 2.62. The van der Waals surface area contributed by atoms with Crippen LogP contribution in [0, 0.1) is 5.92 Å². The standard InChI is InChI=1S/C9H15NO4/c1-7(8(11)13-2)5-4-6-10-9(12)14-3/h4,6-7H,5H2,1-3H3,(H,10,12)/b6-4-.